The summed E-state index contributed by atoms with van der Waals surface area (Å²) in [6.45, 7) is 7.47. The fourth-order valence-electron chi connectivity index (χ4n) is 2.88. The first-order valence-corrected chi connectivity index (χ1v) is 9.80. The van der Waals surface area contributed by atoms with Crippen LogP contribution in [0, 0.1) is 5.92 Å². The van der Waals surface area contributed by atoms with Crippen LogP contribution in [0.25, 0.3) is 0 Å². The average molecular weight is 339 g/mol. The van der Waals surface area contributed by atoms with Gasteiger partial charge in [0.05, 0.1) is 5.92 Å². The van der Waals surface area contributed by atoms with Crippen LogP contribution in [-0.2, 0) is 9.59 Å². The molecule has 0 aliphatic heterocycles. The number of carbonyl (C=O) groups excluding carboxylic acids is 2. The normalized spacial score (nSPS) is 12.5. The standard InChI is InChI=1S/C20H38N2O2/c1-4-7-8-9-10-11-12-13-14-15-16-18(17-19(21)23)20(24)22(5-2)6-3/h15-16,18H,4-14,17H2,1-3H3,(H2,21,23). The summed E-state index contributed by atoms with van der Waals surface area (Å²) in [5.41, 5.74) is 5.29. The van der Waals surface area contributed by atoms with E-state index in [0.29, 0.717) is 13.1 Å². The molecular weight excluding hydrogens is 300 g/mol. The van der Waals surface area contributed by atoms with Crippen molar-refractivity contribution in [2.24, 2.45) is 11.7 Å². The molecule has 4 nitrogen and oxygen atoms in total. The van der Waals surface area contributed by atoms with Gasteiger partial charge in [-0.05, 0) is 26.7 Å². The van der Waals surface area contributed by atoms with Gasteiger partial charge in [-0.15, -0.1) is 0 Å². The van der Waals surface area contributed by atoms with Crippen molar-refractivity contribution >= 4 is 11.8 Å². The lowest BCUT2D eigenvalue weighted by atomic mass is 10.0. The first-order valence-electron chi connectivity index (χ1n) is 9.80. The third kappa shape index (κ3) is 11.3. The molecule has 0 heterocycles. The zero-order valence-electron chi connectivity index (χ0n) is 16.1. The number of hydrogen-bond donors (Lipinski definition) is 1. The number of amides is 2. The monoisotopic (exact) mass is 338 g/mol. The zero-order valence-corrected chi connectivity index (χ0v) is 16.1. The fraction of sp³-hybridized carbons (Fsp3) is 0.800. The topological polar surface area (TPSA) is 63.4 Å². The van der Waals surface area contributed by atoms with Crippen molar-refractivity contribution in [3.63, 3.8) is 0 Å². The van der Waals surface area contributed by atoms with Gasteiger partial charge >= 0.3 is 0 Å². The van der Waals surface area contributed by atoms with Crippen molar-refractivity contribution in [3.05, 3.63) is 12.2 Å². The third-order valence-electron chi connectivity index (χ3n) is 4.41. The molecule has 2 amide bonds. The molecule has 4 heteroatoms. The molecule has 0 aromatic heterocycles. The van der Waals surface area contributed by atoms with Gasteiger partial charge < -0.3 is 10.6 Å². The maximum atomic E-state index is 12.4. The summed E-state index contributed by atoms with van der Waals surface area (Å²) in [4.78, 5) is 25.4. The molecule has 0 spiro atoms. The zero-order chi connectivity index (χ0) is 18.2. The van der Waals surface area contributed by atoms with Crippen molar-refractivity contribution in [2.45, 2.75) is 85.0 Å². The SMILES string of the molecule is CCCCCCCCCCC=CC(CC(N)=O)C(=O)N(CC)CC. The van der Waals surface area contributed by atoms with Crippen LogP contribution in [0.1, 0.15) is 85.0 Å². The number of rotatable bonds is 15. The Hall–Kier alpha value is -1.32. The van der Waals surface area contributed by atoms with Gasteiger partial charge in [-0.2, -0.15) is 0 Å². The Morgan fingerprint density at radius 3 is 1.96 bits per heavy atom. The number of allylic oxidation sites excluding steroid dienone is 1. The molecule has 0 radical (unpaired) electrons. The van der Waals surface area contributed by atoms with Crippen LogP contribution >= 0.6 is 0 Å². The summed E-state index contributed by atoms with van der Waals surface area (Å²) in [7, 11) is 0. The van der Waals surface area contributed by atoms with Crippen molar-refractivity contribution in [1.82, 2.24) is 4.90 Å². The van der Waals surface area contributed by atoms with E-state index < -0.39 is 11.8 Å². The number of nitrogens with zero attached hydrogens (tertiary/aromatic N) is 1. The Morgan fingerprint density at radius 1 is 0.917 bits per heavy atom. The van der Waals surface area contributed by atoms with Crippen molar-refractivity contribution in [3.8, 4) is 0 Å². The second-order valence-electron chi connectivity index (χ2n) is 6.48. The van der Waals surface area contributed by atoms with Gasteiger partial charge in [0.2, 0.25) is 11.8 Å². The molecule has 0 aromatic rings. The number of nitrogens with two attached hydrogens (primary N) is 1. The molecule has 0 saturated heterocycles. The molecule has 24 heavy (non-hydrogen) atoms. The summed E-state index contributed by atoms with van der Waals surface area (Å²) in [6, 6.07) is 0. The molecular formula is C20H38N2O2. The largest absolute Gasteiger partial charge is 0.370 e. The summed E-state index contributed by atoms with van der Waals surface area (Å²) in [5.74, 6) is -0.820. The highest BCUT2D eigenvalue weighted by Gasteiger charge is 2.21. The van der Waals surface area contributed by atoms with Crippen LogP contribution in [0.2, 0.25) is 0 Å². The quantitative estimate of drug-likeness (QED) is 0.354. The highest BCUT2D eigenvalue weighted by molar-refractivity contribution is 5.86. The van der Waals surface area contributed by atoms with Crippen LogP contribution in [-0.4, -0.2) is 29.8 Å². The van der Waals surface area contributed by atoms with E-state index in [4.69, 9.17) is 5.73 Å². The fourth-order valence-corrected chi connectivity index (χ4v) is 2.88. The molecule has 0 aliphatic rings. The van der Waals surface area contributed by atoms with Gasteiger partial charge in [0, 0.05) is 19.5 Å². The van der Waals surface area contributed by atoms with Crippen molar-refractivity contribution < 1.29 is 9.59 Å². The van der Waals surface area contributed by atoms with Gasteiger partial charge in [-0.1, -0.05) is 64.0 Å². The van der Waals surface area contributed by atoms with Gasteiger partial charge in [-0.3, -0.25) is 9.59 Å². The van der Waals surface area contributed by atoms with E-state index >= 15 is 0 Å². The van der Waals surface area contributed by atoms with Crippen LogP contribution < -0.4 is 5.73 Å². The van der Waals surface area contributed by atoms with Gasteiger partial charge in [0.1, 0.15) is 0 Å². The molecule has 0 aromatic carbocycles. The highest BCUT2D eigenvalue weighted by atomic mass is 16.2. The number of hydrogen-bond acceptors (Lipinski definition) is 2. The number of primary amides is 1. The summed E-state index contributed by atoms with van der Waals surface area (Å²) < 4.78 is 0. The van der Waals surface area contributed by atoms with Gasteiger partial charge in [0.15, 0.2) is 0 Å². The van der Waals surface area contributed by atoms with Gasteiger partial charge in [-0.25, -0.2) is 0 Å². The minimum absolute atomic E-state index is 0.00553. The average Bonchev–Trinajstić information content (AvgIpc) is 2.56. The lowest BCUT2D eigenvalue weighted by molar-refractivity contribution is -0.135. The molecule has 140 valence electrons. The van der Waals surface area contributed by atoms with E-state index in [9.17, 15) is 9.59 Å². The van der Waals surface area contributed by atoms with Crippen LogP contribution in [0.4, 0.5) is 0 Å². The van der Waals surface area contributed by atoms with E-state index in [2.05, 4.69) is 6.92 Å². The van der Waals surface area contributed by atoms with Crippen LogP contribution in [0.3, 0.4) is 0 Å². The molecule has 0 bridgehead atoms. The Bertz CT molecular complexity index is 363. The summed E-state index contributed by atoms with van der Waals surface area (Å²) in [6.07, 6.45) is 15.4. The summed E-state index contributed by atoms with van der Waals surface area (Å²) >= 11 is 0. The molecule has 0 aliphatic carbocycles. The van der Waals surface area contributed by atoms with E-state index in [1.165, 1.54) is 44.9 Å². The first kappa shape index (κ1) is 22.7. The molecule has 1 unspecified atom stereocenters. The maximum absolute atomic E-state index is 12.4. The molecule has 0 fully saturated rings. The number of carbonyl (C=O) groups is 2. The second kappa shape index (κ2) is 15.2. The van der Waals surface area contributed by atoms with E-state index in [1.54, 1.807) is 4.90 Å². The predicted octanol–water partition coefficient (Wildman–Crippen LogP) is 4.43. The lowest BCUT2D eigenvalue weighted by Gasteiger charge is -2.22. The van der Waals surface area contributed by atoms with E-state index in [-0.39, 0.29) is 12.3 Å². The number of unbranched alkanes of at least 4 members (excludes halogenated alkanes) is 8. The third-order valence-corrected chi connectivity index (χ3v) is 4.41. The van der Waals surface area contributed by atoms with Crippen LogP contribution in [0.5, 0.6) is 0 Å². The first-order chi connectivity index (χ1) is 11.6. The Labute approximate surface area is 148 Å². The molecule has 2 N–H and O–H groups in total. The van der Waals surface area contributed by atoms with Gasteiger partial charge in [0.25, 0.3) is 0 Å². The lowest BCUT2D eigenvalue weighted by Crippen LogP contribution is -2.36. The second-order valence-corrected chi connectivity index (χ2v) is 6.48. The Kier molecular flexibility index (Phi) is 14.4. The maximum Gasteiger partial charge on any atom is 0.229 e. The van der Waals surface area contributed by atoms with Crippen molar-refractivity contribution in [1.29, 1.82) is 0 Å². The Balaban J connectivity index is 4.09. The Morgan fingerprint density at radius 2 is 1.46 bits per heavy atom. The predicted molar refractivity (Wildman–Crippen MR) is 102 cm³/mol. The highest BCUT2D eigenvalue weighted by Crippen LogP contribution is 2.13. The molecule has 1 atom stereocenters. The molecule has 0 saturated carbocycles. The smallest absolute Gasteiger partial charge is 0.229 e. The van der Waals surface area contributed by atoms with Crippen LogP contribution in [0.15, 0.2) is 12.2 Å². The molecule has 0 rings (SSSR count). The van der Waals surface area contributed by atoms with E-state index in [0.717, 1.165) is 12.8 Å². The minimum atomic E-state index is -0.419. The minimum Gasteiger partial charge on any atom is -0.370 e. The van der Waals surface area contributed by atoms with Crippen molar-refractivity contribution in [2.75, 3.05) is 13.1 Å². The van der Waals surface area contributed by atoms with E-state index in [1.807, 2.05) is 26.0 Å². The summed E-state index contributed by atoms with van der Waals surface area (Å²) in [5, 5.41) is 0.